The van der Waals surface area contributed by atoms with E-state index in [1.54, 1.807) is 6.07 Å². The monoisotopic (exact) mass is 261 g/mol. The van der Waals surface area contributed by atoms with Gasteiger partial charge in [0.2, 0.25) is 0 Å². The Hall–Kier alpha value is -1.32. The van der Waals surface area contributed by atoms with E-state index in [1.165, 1.54) is 15.3 Å². The zero-order chi connectivity index (χ0) is 13.1. The van der Waals surface area contributed by atoms with Gasteiger partial charge >= 0.3 is 0 Å². The van der Waals surface area contributed by atoms with E-state index in [0.29, 0.717) is 5.75 Å². The summed E-state index contributed by atoms with van der Waals surface area (Å²) in [7, 11) is 0. The number of thiophene rings is 1. The standard InChI is InChI=1S/C15H19NOS/c1-10-8-13(18-12(10)3)9-16-11(2)14-6-4-5-7-15(14)17/h4-8,11,16-17H,9H2,1-3H3. The lowest BCUT2D eigenvalue weighted by atomic mass is 10.1. The normalized spacial score (nSPS) is 12.6. The van der Waals surface area contributed by atoms with Crippen LogP contribution in [0.25, 0.3) is 0 Å². The van der Waals surface area contributed by atoms with Gasteiger partial charge in [0.25, 0.3) is 0 Å². The largest absolute Gasteiger partial charge is 0.508 e. The summed E-state index contributed by atoms with van der Waals surface area (Å²) in [6.45, 7) is 7.20. The number of phenolic OH excluding ortho intramolecular Hbond substituents is 1. The zero-order valence-electron chi connectivity index (χ0n) is 11.0. The minimum Gasteiger partial charge on any atom is -0.508 e. The fraction of sp³-hybridized carbons (Fsp3) is 0.333. The Bertz CT molecular complexity index is 514. The summed E-state index contributed by atoms with van der Waals surface area (Å²) in [5.74, 6) is 0.357. The molecule has 0 radical (unpaired) electrons. The lowest BCUT2D eigenvalue weighted by Crippen LogP contribution is -2.17. The molecule has 2 N–H and O–H groups in total. The fourth-order valence-electron chi connectivity index (χ4n) is 1.95. The van der Waals surface area contributed by atoms with E-state index in [4.69, 9.17) is 0 Å². The Morgan fingerprint density at radius 1 is 1.28 bits per heavy atom. The number of benzene rings is 1. The smallest absolute Gasteiger partial charge is 0.120 e. The van der Waals surface area contributed by atoms with Gasteiger partial charge in [-0.25, -0.2) is 0 Å². The Morgan fingerprint density at radius 2 is 2.00 bits per heavy atom. The lowest BCUT2D eigenvalue weighted by Gasteiger charge is -2.14. The molecule has 18 heavy (non-hydrogen) atoms. The van der Waals surface area contributed by atoms with Gasteiger partial charge in [-0.15, -0.1) is 11.3 Å². The van der Waals surface area contributed by atoms with Crippen molar-refractivity contribution in [1.29, 1.82) is 0 Å². The second-order valence-corrected chi connectivity index (χ2v) is 5.95. The summed E-state index contributed by atoms with van der Waals surface area (Å²) in [6, 6.07) is 9.86. The Morgan fingerprint density at radius 3 is 2.61 bits per heavy atom. The molecule has 1 aromatic carbocycles. The van der Waals surface area contributed by atoms with Crippen LogP contribution in [0.2, 0.25) is 0 Å². The molecule has 0 bridgehead atoms. The van der Waals surface area contributed by atoms with E-state index >= 15 is 0 Å². The minimum atomic E-state index is 0.147. The van der Waals surface area contributed by atoms with Crippen molar-refractivity contribution in [3.05, 3.63) is 51.2 Å². The average molecular weight is 261 g/mol. The van der Waals surface area contributed by atoms with Crippen molar-refractivity contribution in [1.82, 2.24) is 5.32 Å². The molecule has 0 aliphatic heterocycles. The molecule has 3 heteroatoms. The number of rotatable bonds is 4. The summed E-state index contributed by atoms with van der Waals surface area (Å²) in [5, 5.41) is 13.2. The number of aromatic hydroxyl groups is 1. The average Bonchev–Trinajstić information content (AvgIpc) is 2.66. The van der Waals surface area contributed by atoms with Gasteiger partial charge in [-0.05, 0) is 38.5 Å². The first kappa shape index (κ1) is 13.1. The molecular formula is C15H19NOS. The minimum absolute atomic E-state index is 0.147. The van der Waals surface area contributed by atoms with Gasteiger partial charge in [0, 0.05) is 27.9 Å². The van der Waals surface area contributed by atoms with Gasteiger partial charge in [0.15, 0.2) is 0 Å². The molecule has 0 spiro atoms. The summed E-state index contributed by atoms with van der Waals surface area (Å²) < 4.78 is 0. The highest BCUT2D eigenvalue weighted by atomic mass is 32.1. The zero-order valence-corrected chi connectivity index (χ0v) is 11.8. The number of phenols is 1. The van der Waals surface area contributed by atoms with E-state index in [-0.39, 0.29) is 6.04 Å². The third kappa shape index (κ3) is 2.92. The van der Waals surface area contributed by atoms with Gasteiger partial charge in [-0.2, -0.15) is 0 Å². The Labute approximate surface area is 112 Å². The summed E-state index contributed by atoms with van der Waals surface area (Å²) in [6.07, 6.45) is 0. The highest BCUT2D eigenvalue weighted by Gasteiger charge is 2.09. The van der Waals surface area contributed by atoms with E-state index in [2.05, 4.69) is 32.2 Å². The first-order chi connectivity index (χ1) is 8.58. The van der Waals surface area contributed by atoms with E-state index < -0.39 is 0 Å². The summed E-state index contributed by atoms with van der Waals surface area (Å²) >= 11 is 1.83. The van der Waals surface area contributed by atoms with Crippen molar-refractivity contribution < 1.29 is 5.11 Å². The van der Waals surface area contributed by atoms with Crippen LogP contribution >= 0.6 is 11.3 Å². The van der Waals surface area contributed by atoms with Crippen LogP contribution in [0.15, 0.2) is 30.3 Å². The first-order valence-corrected chi connectivity index (χ1v) is 6.96. The molecule has 0 fully saturated rings. The van der Waals surface area contributed by atoms with Crippen molar-refractivity contribution in [2.45, 2.75) is 33.4 Å². The highest BCUT2D eigenvalue weighted by Crippen LogP contribution is 2.25. The fourth-order valence-corrected chi connectivity index (χ4v) is 2.96. The molecule has 96 valence electrons. The molecular weight excluding hydrogens is 242 g/mol. The molecule has 2 nitrogen and oxygen atoms in total. The molecule has 1 heterocycles. The number of aryl methyl sites for hydroxylation is 2. The number of hydrogen-bond donors (Lipinski definition) is 2. The van der Waals surface area contributed by atoms with Crippen molar-refractivity contribution in [3.63, 3.8) is 0 Å². The molecule has 2 aromatic rings. The van der Waals surface area contributed by atoms with Crippen molar-refractivity contribution in [2.75, 3.05) is 0 Å². The number of nitrogens with one attached hydrogen (secondary N) is 1. The van der Waals surface area contributed by atoms with Crippen LogP contribution < -0.4 is 5.32 Å². The topological polar surface area (TPSA) is 32.3 Å². The second kappa shape index (κ2) is 5.55. The molecule has 0 aliphatic rings. The van der Waals surface area contributed by atoms with Gasteiger partial charge in [0.1, 0.15) is 5.75 Å². The third-order valence-corrected chi connectivity index (χ3v) is 4.36. The Balaban J connectivity index is 2.00. The lowest BCUT2D eigenvalue weighted by molar-refractivity contribution is 0.452. The van der Waals surface area contributed by atoms with Crippen molar-refractivity contribution >= 4 is 11.3 Å². The van der Waals surface area contributed by atoms with Gasteiger partial charge in [0.05, 0.1) is 0 Å². The van der Waals surface area contributed by atoms with Crippen LogP contribution in [0.5, 0.6) is 5.75 Å². The molecule has 0 saturated heterocycles. The van der Waals surface area contributed by atoms with Gasteiger partial charge in [-0.3, -0.25) is 0 Å². The molecule has 1 aromatic heterocycles. The van der Waals surface area contributed by atoms with Crippen LogP contribution in [-0.4, -0.2) is 5.11 Å². The maximum Gasteiger partial charge on any atom is 0.120 e. The van der Waals surface area contributed by atoms with Crippen LogP contribution in [0, 0.1) is 13.8 Å². The predicted molar refractivity (Wildman–Crippen MR) is 77.2 cm³/mol. The second-order valence-electron chi connectivity index (χ2n) is 4.61. The molecule has 0 aliphatic carbocycles. The molecule has 0 saturated carbocycles. The number of hydrogen-bond acceptors (Lipinski definition) is 3. The highest BCUT2D eigenvalue weighted by molar-refractivity contribution is 7.12. The van der Waals surface area contributed by atoms with Crippen LogP contribution in [0.3, 0.4) is 0 Å². The molecule has 1 unspecified atom stereocenters. The van der Waals surface area contributed by atoms with E-state index in [9.17, 15) is 5.11 Å². The molecule has 0 amide bonds. The van der Waals surface area contributed by atoms with E-state index in [0.717, 1.165) is 12.1 Å². The third-order valence-electron chi connectivity index (χ3n) is 3.20. The van der Waals surface area contributed by atoms with Gasteiger partial charge in [-0.1, -0.05) is 18.2 Å². The first-order valence-electron chi connectivity index (χ1n) is 6.15. The van der Waals surface area contributed by atoms with Crippen LogP contribution in [0.1, 0.15) is 33.8 Å². The Kier molecular flexibility index (Phi) is 4.04. The summed E-state index contributed by atoms with van der Waals surface area (Å²) in [5.41, 5.74) is 2.30. The molecule has 2 rings (SSSR count). The maximum absolute atomic E-state index is 9.79. The summed E-state index contributed by atoms with van der Waals surface area (Å²) in [4.78, 5) is 2.72. The number of para-hydroxylation sites is 1. The van der Waals surface area contributed by atoms with Crippen LogP contribution in [-0.2, 0) is 6.54 Å². The quantitative estimate of drug-likeness (QED) is 0.874. The van der Waals surface area contributed by atoms with Crippen molar-refractivity contribution in [3.8, 4) is 5.75 Å². The van der Waals surface area contributed by atoms with Gasteiger partial charge < -0.3 is 10.4 Å². The predicted octanol–water partition coefficient (Wildman–Crippen LogP) is 3.92. The van der Waals surface area contributed by atoms with Crippen LogP contribution in [0.4, 0.5) is 0 Å². The maximum atomic E-state index is 9.79. The SMILES string of the molecule is Cc1cc(CNC(C)c2ccccc2O)sc1C. The molecule has 1 atom stereocenters. The van der Waals surface area contributed by atoms with Crippen molar-refractivity contribution in [2.24, 2.45) is 0 Å². The van der Waals surface area contributed by atoms with E-state index in [1.807, 2.05) is 29.5 Å².